The second-order valence-electron chi connectivity index (χ2n) is 5.96. The first-order chi connectivity index (χ1) is 10.9. The third-order valence-electron chi connectivity index (χ3n) is 3.90. The van der Waals surface area contributed by atoms with E-state index in [-0.39, 0.29) is 5.02 Å². The van der Waals surface area contributed by atoms with Crippen LogP contribution in [0.15, 0.2) is 18.2 Å². The van der Waals surface area contributed by atoms with Gasteiger partial charge in [0.25, 0.3) is 0 Å². The van der Waals surface area contributed by atoms with Crippen LogP contribution in [0.4, 0.5) is 13.2 Å². The van der Waals surface area contributed by atoms with Crippen LogP contribution in [0.3, 0.4) is 0 Å². The summed E-state index contributed by atoms with van der Waals surface area (Å²) in [4.78, 5) is 0. The van der Waals surface area contributed by atoms with Crippen LogP contribution in [-0.2, 0) is 12.7 Å². The molecule has 0 aliphatic heterocycles. The summed E-state index contributed by atoms with van der Waals surface area (Å²) in [6.45, 7) is 3.59. The van der Waals surface area contributed by atoms with Crippen LogP contribution < -0.4 is 5.32 Å². The van der Waals surface area contributed by atoms with Crippen LogP contribution >= 0.6 is 11.6 Å². The SMILES string of the molecule is CCCCCCCCCCNCc1ccc(C(F)(F)F)cc1Cl. The van der Waals surface area contributed by atoms with Crippen molar-refractivity contribution in [3.63, 3.8) is 0 Å². The molecule has 1 N–H and O–H groups in total. The van der Waals surface area contributed by atoms with Crippen LogP contribution in [0.25, 0.3) is 0 Å². The van der Waals surface area contributed by atoms with Gasteiger partial charge in [0.2, 0.25) is 0 Å². The predicted octanol–water partition coefficient (Wildman–Crippen LogP) is 6.59. The molecule has 0 saturated heterocycles. The van der Waals surface area contributed by atoms with Gasteiger partial charge in [0.1, 0.15) is 0 Å². The average molecular weight is 350 g/mol. The Morgan fingerprint density at radius 2 is 1.57 bits per heavy atom. The Kier molecular flexibility index (Phi) is 9.65. The first-order valence-electron chi connectivity index (χ1n) is 8.51. The smallest absolute Gasteiger partial charge is 0.313 e. The summed E-state index contributed by atoms with van der Waals surface area (Å²) < 4.78 is 37.6. The van der Waals surface area contributed by atoms with Crippen LogP contribution in [0.2, 0.25) is 5.02 Å². The first kappa shape index (κ1) is 20.3. The van der Waals surface area contributed by atoms with Crippen molar-refractivity contribution in [2.75, 3.05) is 6.54 Å². The van der Waals surface area contributed by atoms with Crippen molar-refractivity contribution in [2.45, 2.75) is 71.0 Å². The van der Waals surface area contributed by atoms with Crippen LogP contribution in [-0.4, -0.2) is 6.54 Å². The van der Waals surface area contributed by atoms with E-state index < -0.39 is 11.7 Å². The maximum atomic E-state index is 12.5. The molecule has 0 amide bonds. The molecule has 1 aromatic carbocycles. The quantitative estimate of drug-likeness (QED) is 0.444. The summed E-state index contributed by atoms with van der Waals surface area (Å²) >= 11 is 5.92. The summed E-state index contributed by atoms with van der Waals surface area (Å²) in [5.41, 5.74) is 0.00792. The molecule has 0 radical (unpaired) electrons. The van der Waals surface area contributed by atoms with E-state index in [1.165, 1.54) is 51.0 Å². The highest BCUT2D eigenvalue weighted by Gasteiger charge is 2.30. The van der Waals surface area contributed by atoms with E-state index in [0.717, 1.165) is 25.1 Å². The molecule has 0 atom stereocenters. The fourth-order valence-corrected chi connectivity index (χ4v) is 2.72. The molecular weight excluding hydrogens is 323 g/mol. The van der Waals surface area contributed by atoms with Crippen LogP contribution in [0.5, 0.6) is 0 Å². The number of alkyl halides is 3. The lowest BCUT2D eigenvalue weighted by molar-refractivity contribution is -0.137. The van der Waals surface area contributed by atoms with E-state index in [2.05, 4.69) is 12.2 Å². The Morgan fingerprint density at radius 3 is 2.13 bits per heavy atom. The van der Waals surface area contributed by atoms with E-state index in [1.54, 1.807) is 0 Å². The van der Waals surface area contributed by atoms with Crippen molar-refractivity contribution in [1.29, 1.82) is 0 Å². The standard InChI is InChI=1S/C18H27ClF3N/c1-2-3-4-5-6-7-8-9-12-23-14-15-10-11-16(13-17(15)19)18(20,21)22/h10-11,13,23H,2-9,12,14H2,1H3. The number of unbranched alkanes of at least 4 members (excludes halogenated alkanes) is 7. The third kappa shape index (κ3) is 8.61. The van der Waals surface area contributed by atoms with Crippen molar-refractivity contribution in [1.82, 2.24) is 5.32 Å². The summed E-state index contributed by atoms with van der Waals surface area (Å²) in [7, 11) is 0. The maximum Gasteiger partial charge on any atom is 0.416 e. The molecule has 1 nitrogen and oxygen atoms in total. The van der Waals surface area contributed by atoms with Gasteiger partial charge in [-0.2, -0.15) is 13.2 Å². The molecule has 0 unspecified atom stereocenters. The normalized spacial score (nSPS) is 11.9. The van der Waals surface area contributed by atoms with Gasteiger partial charge in [-0.05, 0) is 30.7 Å². The number of benzene rings is 1. The Morgan fingerprint density at radius 1 is 0.957 bits per heavy atom. The highest BCUT2D eigenvalue weighted by Crippen LogP contribution is 2.32. The first-order valence-corrected chi connectivity index (χ1v) is 8.89. The second kappa shape index (κ2) is 10.9. The van der Waals surface area contributed by atoms with Gasteiger partial charge in [0.05, 0.1) is 5.56 Å². The molecule has 0 heterocycles. The number of halogens is 4. The van der Waals surface area contributed by atoms with Gasteiger partial charge < -0.3 is 5.32 Å². The van der Waals surface area contributed by atoms with Crippen LogP contribution in [0, 0.1) is 0 Å². The Hall–Kier alpha value is -0.740. The number of hydrogen-bond acceptors (Lipinski definition) is 1. The van der Waals surface area contributed by atoms with E-state index in [1.807, 2.05) is 0 Å². The Balaban J connectivity index is 2.14. The van der Waals surface area contributed by atoms with Gasteiger partial charge >= 0.3 is 6.18 Å². The number of rotatable bonds is 11. The highest BCUT2D eigenvalue weighted by molar-refractivity contribution is 6.31. The zero-order valence-corrected chi connectivity index (χ0v) is 14.6. The molecule has 23 heavy (non-hydrogen) atoms. The molecule has 0 aliphatic rings. The average Bonchev–Trinajstić information content (AvgIpc) is 2.49. The molecule has 1 aromatic rings. The van der Waals surface area contributed by atoms with Crippen molar-refractivity contribution < 1.29 is 13.2 Å². The van der Waals surface area contributed by atoms with Crippen LogP contribution in [0.1, 0.15) is 69.4 Å². The summed E-state index contributed by atoms with van der Waals surface area (Å²) in [6, 6.07) is 3.53. The van der Waals surface area contributed by atoms with Gasteiger partial charge in [-0.3, -0.25) is 0 Å². The van der Waals surface area contributed by atoms with E-state index in [0.29, 0.717) is 12.1 Å². The largest absolute Gasteiger partial charge is 0.416 e. The Bertz CT molecular complexity index is 446. The molecule has 0 fully saturated rings. The topological polar surface area (TPSA) is 12.0 Å². The lowest BCUT2D eigenvalue weighted by atomic mass is 10.1. The zero-order valence-electron chi connectivity index (χ0n) is 13.8. The van der Waals surface area contributed by atoms with E-state index in [4.69, 9.17) is 11.6 Å². The minimum absolute atomic E-state index is 0.170. The molecule has 0 bridgehead atoms. The van der Waals surface area contributed by atoms with Crippen molar-refractivity contribution in [3.8, 4) is 0 Å². The highest BCUT2D eigenvalue weighted by atomic mass is 35.5. The lowest BCUT2D eigenvalue weighted by Crippen LogP contribution is -2.15. The van der Waals surface area contributed by atoms with Crippen molar-refractivity contribution in [3.05, 3.63) is 34.3 Å². The molecule has 0 saturated carbocycles. The maximum absolute atomic E-state index is 12.5. The molecule has 0 aromatic heterocycles. The number of hydrogen-bond donors (Lipinski definition) is 1. The zero-order chi connectivity index (χ0) is 17.1. The number of nitrogens with one attached hydrogen (secondary N) is 1. The van der Waals surface area contributed by atoms with Gasteiger partial charge in [0, 0.05) is 11.6 Å². The molecule has 5 heteroatoms. The fraction of sp³-hybridized carbons (Fsp3) is 0.667. The molecule has 0 aliphatic carbocycles. The van der Waals surface area contributed by atoms with Crippen molar-refractivity contribution in [2.24, 2.45) is 0 Å². The second-order valence-corrected chi connectivity index (χ2v) is 6.36. The predicted molar refractivity (Wildman–Crippen MR) is 90.8 cm³/mol. The molecule has 0 spiro atoms. The van der Waals surface area contributed by atoms with E-state index in [9.17, 15) is 13.2 Å². The van der Waals surface area contributed by atoms with Crippen molar-refractivity contribution >= 4 is 11.6 Å². The summed E-state index contributed by atoms with van der Waals surface area (Å²) in [5, 5.41) is 3.42. The summed E-state index contributed by atoms with van der Waals surface area (Å²) in [5.74, 6) is 0. The third-order valence-corrected chi connectivity index (χ3v) is 4.25. The van der Waals surface area contributed by atoms with E-state index >= 15 is 0 Å². The fourth-order valence-electron chi connectivity index (χ4n) is 2.47. The Labute approximate surface area is 142 Å². The summed E-state index contributed by atoms with van der Waals surface area (Å²) in [6.07, 6.45) is 5.76. The minimum atomic E-state index is -4.34. The monoisotopic (exact) mass is 349 g/mol. The molecule has 132 valence electrons. The minimum Gasteiger partial charge on any atom is -0.313 e. The van der Waals surface area contributed by atoms with Gasteiger partial charge in [-0.15, -0.1) is 0 Å². The molecule has 1 rings (SSSR count). The molecular formula is C18H27ClF3N. The van der Waals surface area contributed by atoms with Gasteiger partial charge in [0.15, 0.2) is 0 Å². The van der Waals surface area contributed by atoms with Gasteiger partial charge in [-0.1, -0.05) is 69.5 Å². The van der Waals surface area contributed by atoms with Gasteiger partial charge in [-0.25, -0.2) is 0 Å². The lowest BCUT2D eigenvalue weighted by Gasteiger charge is -2.10.